The van der Waals surface area contributed by atoms with Crippen LogP contribution in [0.4, 0.5) is 11.5 Å². The highest BCUT2D eigenvalue weighted by atomic mass is 16.6. The Balaban J connectivity index is 1.38. The molecule has 0 radical (unpaired) electrons. The highest BCUT2D eigenvalue weighted by Crippen LogP contribution is 2.32. The third-order valence-corrected chi connectivity index (χ3v) is 5.97. The van der Waals surface area contributed by atoms with Crippen molar-refractivity contribution < 1.29 is 14.6 Å². The molecule has 1 aromatic heterocycles. The second-order valence-electron chi connectivity index (χ2n) is 9.76. The van der Waals surface area contributed by atoms with Gasteiger partial charge in [0.1, 0.15) is 11.4 Å². The molecule has 0 unspecified atom stereocenters. The predicted molar refractivity (Wildman–Crippen MR) is 138 cm³/mol. The van der Waals surface area contributed by atoms with Crippen molar-refractivity contribution in [3.63, 3.8) is 0 Å². The average molecular weight is 476 g/mol. The molecular formula is C27H33N5O3. The van der Waals surface area contributed by atoms with Crippen LogP contribution >= 0.6 is 0 Å². The van der Waals surface area contributed by atoms with Gasteiger partial charge in [-0.15, -0.1) is 10.2 Å². The van der Waals surface area contributed by atoms with Crippen LogP contribution in [0.1, 0.15) is 27.2 Å². The predicted octanol–water partition coefficient (Wildman–Crippen LogP) is 3.95. The van der Waals surface area contributed by atoms with Gasteiger partial charge in [-0.2, -0.15) is 0 Å². The summed E-state index contributed by atoms with van der Waals surface area (Å²) in [6.07, 6.45) is 0.413. The topological polar surface area (TPSA) is 105 Å². The van der Waals surface area contributed by atoms with Crippen molar-refractivity contribution in [1.82, 2.24) is 15.1 Å². The Morgan fingerprint density at radius 1 is 1.00 bits per heavy atom. The van der Waals surface area contributed by atoms with Crippen molar-refractivity contribution in [2.45, 2.75) is 32.8 Å². The number of aromatic nitrogens is 2. The summed E-state index contributed by atoms with van der Waals surface area (Å²) in [5.74, 6) is 0.347. The van der Waals surface area contributed by atoms with Crippen LogP contribution in [0.25, 0.3) is 22.4 Å². The number of rotatable bonds is 6. The fraction of sp³-hybridized carbons (Fsp3) is 0.370. The van der Waals surface area contributed by atoms with E-state index >= 15 is 0 Å². The van der Waals surface area contributed by atoms with Gasteiger partial charge in [0.2, 0.25) is 0 Å². The molecule has 0 amide bonds. The monoisotopic (exact) mass is 475 g/mol. The van der Waals surface area contributed by atoms with E-state index in [1.54, 1.807) is 18.2 Å². The standard InChI is InChI=1S/C27H33N5O3/c1-27(2,3)35-25(34)12-13-31-14-16-32(17-15-31)20-10-8-19(9-11-20)22-18-23(29-30-26(22)28)21-6-4-5-7-24(21)33/h4-11,18,33H,12-17H2,1-3H3,(H2,28,30). The number of piperazine rings is 1. The van der Waals surface area contributed by atoms with Gasteiger partial charge in [0.15, 0.2) is 5.82 Å². The number of ether oxygens (including phenoxy) is 1. The lowest BCUT2D eigenvalue weighted by Crippen LogP contribution is -2.47. The Bertz CT molecular complexity index is 1170. The molecule has 0 saturated carbocycles. The summed E-state index contributed by atoms with van der Waals surface area (Å²) in [7, 11) is 0. The fourth-order valence-electron chi connectivity index (χ4n) is 4.18. The van der Waals surface area contributed by atoms with E-state index in [2.05, 4.69) is 32.1 Å². The summed E-state index contributed by atoms with van der Waals surface area (Å²) in [6, 6.07) is 17.1. The van der Waals surface area contributed by atoms with Crippen LogP contribution in [-0.4, -0.2) is 64.5 Å². The number of nitrogen functional groups attached to an aromatic ring is 1. The number of phenols is 1. The van der Waals surface area contributed by atoms with E-state index in [-0.39, 0.29) is 11.7 Å². The van der Waals surface area contributed by atoms with Gasteiger partial charge in [0.25, 0.3) is 0 Å². The molecule has 4 rings (SSSR count). The van der Waals surface area contributed by atoms with Crippen molar-refractivity contribution in [3.8, 4) is 28.1 Å². The first kappa shape index (κ1) is 24.5. The summed E-state index contributed by atoms with van der Waals surface area (Å²) in [5, 5.41) is 18.4. The molecule has 35 heavy (non-hydrogen) atoms. The van der Waals surface area contributed by atoms with E-state index in [0.29, 0.717) is 23.5 Å². The Labute approximate surface area is 206 Å². The molecule has 1 saturated heterocycles. The number of aromatic hydroxyl groups is 1. The van der Waals surface area contributed by atoms with Crippen molar-refractivity contribution >= 4 is 17.5 Å². The lowest BCUT2D eigenvalue weighted by atomic mass is 10.0. The van der Waals surface area contributed by atoms with Crippen LogP contribution in [-0.2, 0) is 9.53 Å². The minimum atomic E-state index is -0.441. The maximum atomic E-state index is 12.0. The van der Waals surface area contributed by atoms with Gasteiger partial charge in [-0.05, 0) is 56.7 Å². The number of phenolic OH excluding ortho intramolecular Hbond substituents is 1. The molecule has 0 aliphatic carbocycles. The number of nitrogens with two attached hydrogens (primary N) is 1. The summed E-state index contributed by atoms with van der Waals surface area (Å²) in [4.78, 5) is 16.6. The second kappa shape index (κ2) is 10.3. The highest BCUT2D eigenvalue weighted by molar-refractivity contribution is 5.79. The van der Waals surface area contributed by atoms with Gasteiger partial charge in [-0.3, -0.25) is 9.69 Å². The maximum Gasteiger partial charge on any atom is 0.307 e. The zero-order chi connectivity index (χ0) is 25.0. The molecule has 1 aliphatic rings. The zero-order valence-electron chi connectivity index (χ0n) is 20.6. The molecule has 3 aromatic rings. The van der Waals surface area contributed by atoms with Crippen molar-refractivity contribution in [2.75, 3.05) is 43.4 Å². The summed E-state index contributed by atoms with van der Waals surface area (Å²) >= 11 is 0. The summed E-state index contributed by atoms with van der Waals surface area (Å²) in [6.45, 7) is 9.97. The van der Waals surface area contributed by atoms with Crippen LogP contribution in [0, 0.1) is 0 Å². The first-order valence-electron chi connectivity index (χ1n) is 11.9. The molecule has 1 fully saturated rings. The van der Waals surface area contributed by atoms with Gasteiger partial charge in [0.05, 0.1) is 12.1 Å². The molecule has 0 spiro atoms. The van der Waals surface area contributed by atoms with E-state index in [9.17, 15) is 9.90 Å². The van der Waals surface area contributed by atoms with Gasteiger partial charge in [-0.25, -0.2) is 0 Å². The molecule has 8 nitrogen and oxygen atoms in total. The van der Waals surface area contributed by atoms with Gasteiger partial charge in [0, 0.05) is 49.5 Å². The zero-order valence-corrected chi connectivity index (χ0v) is 20.6. The van der Waals surface area contributed by atoms with E-state index < -0.39 is 5.60 Å². The molecular weight excluding hydrogens is 442 g/mol. The Hall–Kier alpha value is -3.65. The number of carbonyl (C=O) groups is 1. The van der Waals surface area contributed by atoms with Gasteiger partial charge in [-0.1, -0.05) is 24.3 Å². The van der Waals surface area contributed by atoms with Crippen molar-refractivity contribution in [2.24, 2.45) is 0 Å². The fourth-order valence-corrected chi connectivity index (χ4v) is 4.18. The quantitative estimate of drug-likeness (QED) is 0.517. The van der Waals surface area contributed by atoms with Crippen molar-refractivity contribution in [1.29, 1.82) is 0 Å². The molecule has 0 atom stereocenters. The number of para-hydroxylation sites is 1. The second-order valence-corrected chi connectivity index (χ2v) is 9.76. The summed E-state index contributed by atoms with van der Waals surface area (Å²) < 4.78 is 5.41. The minimum Gasteiger partial charge on any atom is -0.507 e. The number of hydrogen-bond donors (Lipinski definition) is 2. The molecule has 2 heterocycles. The lowest BCUT2D eigenvalue weighted by Gasteiger charge is -2.36. The Morgan fingerprint density at radius 2 is 1.69 bits per heavy atom. The number of hydrogen-bond acceptors (Lipinski definition) is 8. The Kier molecular flexibility index (Phi) is 7.21. The molecule has 3 N–H and O–H groups in total. The van der Waals surface area contributed by atoms with Crippen LogP contribution in [0.5, 0.6) is 5.75 Å². The van der Waals surface area contributed by atoms with Gasteiger partial charge >= 0.3 is 5.97 Å². The molecule has 0 bridgehead atoms. The smallest absolute Gasteiger partial charge is 0.307 e. The third kappa shape index (κ3) is 6.27. The molecule has 184 valence electrons. The molecule has 2 aromatic carbocycles. The number of carbonyl (C=O) groups excluding carboxylic acids is 1. The maximum absolute atomic E-state index is 12.0. The number of anilines is 2. The van der Waals surface area contributed by atoms with Gasteiger partial charge < -0.3 is 20.5 Å². The van der Waals surface area contributed by atoms with Crippen LogP contribution in [0.3, 0.4) is 0 Å². The minimum absolute atomic E-state index is 0.147. The number of benzene rings is 2. The molecule has 8 heteroatoms. The first-order valence-corrected chi connectivity index (χ1v) is 11.9. The largest absolute Gasteiger partial charge is 0.507 e. The average Bonchev–Trinajstić information content (AvgIpc) is 2.83. The van der Waals surface area contributed by atoms with Crippen LogP contribution in [0.15, 0.2) is 54.6 Å². The third-order valence-electron chi connectivity index (χ3n) is 5.97. The molecule has 1 aliphatic heterocycles. The number of nitrogens with zero attached hydrogens (tertiary/aromatic N) is 4. The SMILES string of the molecule is CC(C)(C)OC(=O)CCN1CCN(c2ccc(-c3cc(-c4ccccc4O)nnc3N)cc2)CC1. The van der Waals surface area contributed by atoms with E-state index in [0.717, 1.165) is 49.5 Å². The van der Waals surface area contributed by atoms with Crippen LogP contribution in [0.2, 0.25) is 0 Å². The Morgan fingerprint density at radius 3 is 2.34 bits per heavy atom. The van der Waals surface area contributed by atoms with Crippen LogP contribution < -0.4 is 10.6 Å². The number of esters is 1. The van der Waals surface area contributed by atoms with E-state index in [1.165, 1.54) is 0 Å². The summed E-state index contributed by atoms with van der Waals surface area (Å²) in [5.41, 5.74) is 9.73. The lowest BCUT2D eigenvalue weighted by molar-refractivity contribution is -0.155. The van der Waals surface area contributed by atoms with E-state index in [4.69, 9.17) is 10.5 Å². The first-order chi connectivity index (χ1) is 16.7. The highest BCUT2D eigenvalue weighted by Gasteiger charge is 2.21. The van der Waals surface area contributed by atoms with Crippen molar-refractivity contribution in [3.05, 3.63) is 54.6 Å². The normalized spacial score (nSPS) is 14.7. The van der Waals surface area contributed by atoms with E-state index in [1.807, 2.05) is 45.0 Å².